The van der Waals surface area contributed by atoms with E-state index in [0.29, 0.717) is 50.5 Å². The van der Waals surface area contributed by atoms with Crippen LogP contribution < -0.4 is 9.64 Å². The Morgan fingerprint density at radius 2 is 1.76 bits per heavy atom. The maximum absolute atomic E-state index is 14.3. The van der Waals surface area contributed by atoms with Gasteiger partial charge in [0.1, 0.15) is 11.6 Å². The van der Waals surface area contributed by atoms with E-state index in [2.05, 4.69) is 6.07 Å². The minimum Gasteiger partial charge on any atom is -0.493 e. The van der Waals surface area contributed by atoms with Gasteiger partial charge in [-0.1, -0.05) is 17.7 Å². The van der Waals surface area contributed by atoms with Crippen molar-refractivity contribution in [2.75, 3.05) is 37.7 Å². The predicted molar refractivity (Wildman–Crippen MR) is 111 cm³/mol. The van der Waals surface area contributed by atoms with Crippen LogP contribution in [0.25, 0.3) is 0 Å². The number of benzene rings is 2. The Labute approximate surface area is 171 Å². The molecule has 1 aliphatic rings. The van der Waals surface area contributed by atoms with Gasteiger partial charge < -0.3 is 14.5 Å². The predicted octanol–water partition coefficient (Wildman–Crippen LogP) is 3.76. The summed E-state index contributed by atoms with van der Waals surface area (Å²) >= 11 is 0. The van der Waals surface area contributed by atoms with Crippen molar-refractivity contribution in [1.29, 1.82) is 0 Å². The molecule has 0 unspecified atom stereocenters. The summed E-state index contributed by atoms with van der Waals surface area (Å²) in [5, 5.41) is 0. The summed E-state index contributed by atoms with van der Waals surface area (Å²) in [6, 6.07) is 10.5. The Morgan fingerprint density at radius 3 is 2.38 bits per heavy atom. The number of carbonyl (C=O) groups is 2. The van der Waals surface area contributed by atoms with E-state index in [4.69, 9.17) is 4.74 Å². The van der Waals surface area contributed by atoms with Crippen LogP contribution in [0, 0.1) is 19.7 Å². The molecule has 0 aliphatic carbocycles. The number of ketones is 1. The summed E-state index contributed by atoms with van der Waals surface area (Å²) < 4.78 is 20.1. The second-order valence-electron chi connectivity index (χ2n) is 7.46. The number of anilines is 1. The van der Waals surface area contributed by atoms with Crippen LogP contribution in [0.3, 0.4) is 0 Å². The summed E-state index contributed by atoms with van der Waals surface area (Å²) in [5.41, 5.74) is 3.07. The highest BCUT2D eigenvalue weighted by molar-refractivity contribution is 5.94. The Morgan fingerprint density at radius 1 is 1.03 bits per heavy atom. The molecule has 0 radical (unpaired) electrons. The zero-order valence-electron chi connectivity index (χ0n) is 17.2. The maximum Gasteiger partial charge on any atom is 0.226 e. The number of carbonyl (C=O) groups excluding carboxylic acids is 2. The molecule has 0 atom stereocenters. The van der Waals surface area contributed by atoms with Crippen LogP contribution in [-0.2, 0) is 4.79 Å². The average Bonchev–Trinajstić information content (AvgIpc) is 2.69. The number of Topliss-reactive ketones (excluding diaryl/α,β-unsaturated/α-hetero) is 1. The van der Waals surface area contributed by atoms with Crippen molar-refractivity contribution in [2.24, 2.45) is 0 Å². The van der Waals surface area contributed by atoms with E-state index >= 15 is 0 Å². The van der Waals surface area contributed by atoms with Crippen LogP contribution in [0.15, 0.2) is 36.4 Å². The lowest BCUT2D eigenvalue weighted by Crippen LogP contribution is -2.49. The Bertz CT molecular complexity index is 905. The van der Waals surface area contributed by atoms with Crippen molar-refractivity contribution in [3.63, 3.8) is 0 Å². The molecule has 1 amide bonds. The van der Waals surface area contributed by atoms with Gasteiger partial charge in [0.05, 0.1) is 18.7 Å². The van der Waals surface area contributed by atoms with E-state index in [0.717, 1.165) is 11.3 Å². The monoisotopic (exact) mass is 398 g/mol. The third kappa shape index (κ3) is 5.13. The number of rotatable bonds is 6. The zero-order valence-corrected chi connectivity index (χ0v) is 17.2. The average molecular weight is 398 g/mol. The number of nitrogens with zero attached hydrogens (tertiary/aromatic N) is 2. The fourth-order valence-electron chi connectivity index (χ4n) is 3.55. The summed E-state index contributed by atoms with van der Waals surface area (Å²) in [5.74, 6) is 0.285. The van der Waals surface area contributed by atoms with E-state index in [1.165, 1.54) is 18.6 Å². The molecule has 1 aliphatic heterocycles. The molecule has 3 rings (SSSR count). The normalized spacial score (nSPS) is 14.1. The Hall–Kier alpha value is -2.89. The summed E-state index contributed by atoms with van der Waals surface area (Å²) in [6.07, 6.45) is 0.314. The van der Waals surface area contributed by atoms with Crippen LogP contribution in [0.4, 0.5) is 10.1 Å². The number of ether oxygens (including phenoxy) is 1. The number of aryl methyl sites for hydroxylation is 2. The Kier molecular flexibility index (Phi) is 6.52. The molecule has 5 nitrogen and oxygen atoms in total. The molecule has 6 heteroatoms. The van der Waals surface area contributed by atoms with Gasteiger partial charge in [0, 0.05) is 31.7 Å². The molecule has 0 spiro atoms. The lowest BCUT2D eigenvalue weighted by Gasteiger charge is -2.36. The molecule has 1 fully saturated rings. The van der Waals surface area contributed by atoms with Gasteiger partial charge in [-0.15, -0.1) is 0 Å². The highest BCUT2D eigenvalue weighted by atomic mass is 19.1. The van der Waals surface area contributed by atoms with Crippen molar-refractivity contribution in [3.8, 4) is 5.75 Å². The van der Waals surface area contributed by atoms with Gasteiger partial charge in [0.25, 0.3) is 0 Å². The van der Waals surface area contributed by atoms with E-state index in [1.807, 2.05) is 30.9 Å². The van der Waals surface area contributed by atoms with Gasteiger partial charge in [0.2, 0.25) is 5.91 Å². The molecule has 2 aromatic carbocycles. The lowest BCUT2D eigenvalue weighted by molar-refractivity contribution is -0.132. The van der Waals surface area contributed by atoms with Crippen molar-refractivity contribution in [3.05, 3.63) is 58.9 Å². The molecule has 0 bridgehead atoms. The summed E-state index contributed by atoms with van der Waals surface area (Å²) in [4.78, 5) is 27.6. The number of amides is 1. The third-order valence-electron chi connectivity index (χ3n) is 5.23. The van der Waals surface area contributed by atoms with Crippen molar-refractivity contribution in [2.45, 2.75) is 27.2 Å². The lowest BCUT2D eigenvalue weighted by atomic mass is 10.1. The van der Waals surface area contributed by atoms with Gasteiger partial charge in [0.15, 0.2) is 5.78 Å². The minimum absolute atomic E-state index is 0.0433. The van der Waals surface area contributed by atoms with Gasteiger partial charge in [-0.05, 0) is 50.6 Å². The molecule has 154 valence electrons. The Balaban J connectivity index is 1.48. The molecule has 1 heterocycles. The first-order valence-electron chi connectivity index (χ1n) is 9.88. The molecule has 0 N–H and O–H groups in total. The smallest absolute Gasteiger partial charge is 0.226 e. The van der Waals surface area contributed by atoms with E-state index in [1.54, 1.807) is 17.0 Å². The standard InChI is InChI=1S/C23H27FN2O3/c1-16-4-7-22(17(2)14-16)29-13-8-23(28)26-11-9-25(10-12-26)21-6-5-19(18(3)27)15-20(21)24/h4-7,14-15H,8-13H2,1-3H3. The van der Waals surface area contributed by atoms with Gasteiger partial charge in [-0.3, -0.25) is 9.59 Å². The van der Waals surface area contributed by atoms with Crippen molar-refractivity contribution < 1.29 is 18.7 Å². The van der Waals surface area contributed by atoms with Crippen molar-refractivity contribution >= 4 is 17.4 Å². The van der Waals surface area contributed by atoms with Crippen LogP contribution in [0.5, 0.6) is 5.75 Å². The molecular formula is C23H27FN2O3. The minimum atomic E-state index is -0.403. The van der Waals surface area contributed by atoms with E-state index < -0.39 is 5.82 Å². The SMILES string of the molecule is CC(=O)c1ccc(N2CCN(C(=O)CCOc3ccc(C)cc3C)CC2)c(F)c1. The second-order valence-corrected chi connectivity index (χ2v) is 7.46. The first kappa shape index (κ1) is 20.8. The summed E-state index contributed by atoms with van der Waals surface area (Å²) in [7, 11) is 0. The maximum atomic E-state index is 14.3. The molecule has 0 aromatic heterocycles. The van der Waals surface area contributed by atoms with Crippen LogP contribution >= 0.6 is 0 Å². The first-order chi connectivity index (χ1) is 13.8. The van der Waals surface area contributed by atoms with Crippen LogP contribution in [-0.4, -0.2) is 49.4 Å². The number of piperazine rings is 1. The van der Waals surface area contributed by atoms with Gasteiger partial charge in [-0.25, -0.2) is 4.39 Å². The molecule has 29 heavy (non-hydrogen) atoms. The quantitative estimate of drug-likeness (QED) is 0.695. The molecule has 2 aromatic rings. The third-order valence-corrected chi connectivity index (χ3v) is 5.23. The van der Waals surface area contributed by atoms with Crippen LogP contribution in [0.1, 0.15) is 34.8 Å². The topological polar surface area (TPSA) is 49.9 Å². The second kappa shape index (κ2) is 9.07. The van der Waals surface area contributed by atoms with E-state index in [-0.39, 0.29) is 11.7 Å². The summed E-state index contributed by atoms with van der Waals surface area (Å²) in [6.45, 7) is 7.97. The fourth-order valence-corrected chi connectivity index (χ4v) is 3.55. The van der Waals surface area contributed by atoms with Gasteiger partial charge >= 0.3 is 0 Å². The largest absolute Gasteiger partial charge is 0.493 e. The highest BCUT2D eigenvalue weighted by Crippen LogP contribution is 2.23. The number of halogens is 1. The van der Waals surface area contributed by atoms with Crippen molar-refractivity contribution in [1.82, 2.24) is 4.90 Å². The molecule has 1 saturated heterocycles. The van der Waals surface area contributed by atoms with Crippen LogP contribution in [0.2, 0.25) is 0 Å². The molecule has 0 saturated carbocycles. The fraction of sp³-hybridized carbons (Fsp3) is 0.391. The first-order valence-corrected chi connectivity index (χ1v) is 9.88. The van der Waals surface area contributed by atoms with E-state index in [9.17, 15) is 14.0 Å². The van der Waals surface area contributed by atoms with Gasteiger partial charge in [-0.2, -0.15) is 0 Å². The zero-order chi connectivity index (χ0) is 21.0. The molecular weight excluding hydrogens is 371 g/mol. The highest BCUT2D eigenvalue weighted by Gasteiger charge is 2.23. The number of hydrogen-bond donors (Lipinski definition) is 0. The number of hydrogen-bond acceptors (Lipinski definition) is 4.